The Labute approximate surface area is 71.7 Å². The van der Waals surface area contributed by atoms with Crippen LogP contribution in [0.2, 0.25) is 0 Å². The van der Waals surface area contributed by atoms with E-state index >= 15 is 0 Å². The molecule has 0 spiro atoms. The topological polar surface area (TPSA) is 3.24 Å². The zero-order chi connectivity index (χ0) is 9.19. The van der Waals surface area contributed by atoms with Crippen LogP contribution in [0.4, 0.5) is 8.78 Å². The van der Waals surface area contributed by atoms with E-state index in [-0.39, 0.29) is 6.54 Å². The van der Waals surface area contributed by atoms with Crippen LogP contribution in [0.25, 0.3) is 0 Å². The third-order valence-electron chi connectivity index (χ3n) is 2.35. The summed E-state index contributed by atoms with van der Waals surface area (Å²) in [5, 5.41) is 0. The zero-order valence-electron chi connectivity index (χ0n) is 7.19. The van der Waals surface area contributed by atoms with Gasteiger partial charge in [-0.3, -0.25) is 4.90 Å². The number of hydrogen-bond acceptors (Lipinski definition) is 1. The number of terminal acetylenes is 1. The quantitative estimate of drug-likeness (QED) is 0.544. The average Bonchev–Trinajstić information content (AvgIpc) is 1.97. The van der Waals surface area contributed by atoms with Crippen molar-refractivity contribution >= 4 is 0 Å². The molecule has 1 saturated heterocycles. The summed E-state index contributed by atoms with van der Waals surface area (Å²) in [5.74, 6) is -0.686. The van der Waals surface area contributed by atoms with Gasteiger partial charge in [0.25, 0.3) is 5.92 Å². The number of rotatable bonds is 1. The SMILES string of the molecule is C#CCN1CCC(C)C(F)(F)C1. The third-order valence-corrected chi connectivity index (χ3v) is 2.35. The summed E-state index contributed by atoms with van der Waals surface area (Å²) in [4.78, 5) is 1.62. The molecule has 0 saturated carbocycles. The van der Waals surface area contributed by atoms with Crippen LogP contribution in [-0.4, -0.2) is 30.5 Å². The molecule has 0 N–H and O–H groups in total. The highest BCUT2D eigenvalue weighted by atomic mass is 19.3. The molecule has 68 valence electrons. The summed E-state index contributed by atoms with van der Waals surface area (Å²) >= 11 is 0. The van der Waals surface area contributed by atoms with Gasteiger partial charge in [-0.2, -0.15) is 0 Å². The number of likely N-dealkylation sites (tertiary alicyclic amines) is 1. The summed E-state index contributed by atoms with van der Waals surface area (Å²) < 4.78 is 26.1. The van der Waals surface area contributed by atoms with Gasteiger partial charge in [-0.1, -0.05) is 12.8 Å². The van der Waals surface area contributed by atoms with Gasteiger partial charge in [0.1, 0.15) is 0 Å². The van der Waals surface area contributed by atoms with Crippen molar-refractivity contribution in [3.05, 3.63) is 0 Å². The Bertz CT molecular complexity index is 195. The highest BCUT2D eigenvalue weighted by Crippen LogP contribution is 2.31. The fourth-order valence-corrected chi connectivity index (χ4v) is 1.38. The van der Waals surface area contributed by atoms with Crippen LogP contribution in [0.1, 0.15) is 13.3 Å². The maximum Gasteiger partial charge on any atom is 0.263 e. The molecule has 12 heavy (non-hydrogen) atoms. The molecule has 1 rings (SSSR count). The normalized spacial score (nSPS) is 29.7. The number of hydrogen-bond donors (Lipinski definition) is 0. The van der Waals surface area contributed by atoms with Gasteiger partial charge in [-0.05, 0) is 13.0 Å². The van der Waals surface area contributed by atoms with Crippen LogP contribution >= 0.6 is 0 Å². The molecule has 0 aliphatic carbocycles. The van der Waals surface area contributed by atoms with Crippen LogP contribution in [0.15, 0.2) is 0 Å². The van der Waals surface area contributed by atoms with Crippen molar-refractivity contribution in [3.8, 4) is 12.3 Å². The van der Waals surface area contributed by atoms with Gasteiger partial charge in [0, 0.05) is 5.92 Å². The van der Waals surface area contributed by atoms with Gasteiger partial charge in [-0.25, -0.2) is 8.78 Å². The summed E-state index contributed by atoms with van der Waals surface area (Å²) in [5.41, 5.74) is 0. The van der Waals surface area contributed by atoms with E-state index in [4.69, 9.17) is 6.42 Å². The molecule has 0 bridgehead atoms. The number of alkyl halides is 2. The predicted octanol–water partition coefficient (Wildman–Crippen LogP) is 1.60. The Balaban J connectivity index is 2.52. The first-order chi connectivity index (χ1) is 5.56. The summed E-state index contributed by atoms with van der Waals surface area (Å²) in [6.45, 7) is 2.44. The van der Waals surface area contributed by atoms with Crippen molar-refractivity contribution in [1.82, 2.24) is 4.90 Å². The minimum Gasteiger partial charge on any atom is -0.286 e. The Hall–Kier alpha value is -0.620. The summed E-state index contributed by atoms with van der Waals surface area (Å²) in [6.07, 6.45) is 5.58. The van der Waals surface area contributed by atoms with Crippen LogP contribution in [0, 0.1) is 18.3 Å². The second-order valence-electron chi connectivity index (χ2n) is 3.37. The average molecular weight is 173 g/mol. The van der Waals surface area contributed by atoms with Gasteiger partial charge in [0.2, 0.25) is 0 Å². The van der Waals surface area contributed by atoms with Crippen molar-refractivity contribution in [3.63, 3.8) is 0 Å². The Morgan fingerprint density at radius 3 is 2.83 bits per heavy atom. The summed E-state index contributed by atoms with van der Waals surface area (Å²) in [7, 11) is 0. The molecule has 1 aliphatic rings. The Morgan fingerprint density at radius 2 is 2.33 bits per heavy atom. The molecule has 1 atom stereocenters. The van der Waals surface area contributed by atoms with E-state index in [0.29, 0.717) is 19.5 Å². The van der Waals surface area contributed by atoms with Gasteiger partial charge in [0.15, 0.2) is 0 Å². The van der Waals surface area contributed by atoms with Gasteiger partial charge >= 0.3 is 0 Å². The van der Waals surface area contributed by atoms with Crippen molar-refractivity contribution in [2.45, 2.75) is 19.3 Å². The molecule has 1 nitrogen and oxygen atoms in total. The van der Waals surface area contributed by atoms with Gasteiger partial charge < -0.3 is 0 Å². The Morgan fingerprint density at radius 1 is 1.67 bits per heavy atom. The standard InChI is InChI=1S/C9H13F2N/c1-3-5-12-6-4-8(2)9(10,11)7-12/h1,8H,4-7H2,2H3. The molecule has 0 aromatic carbocycles. The van der Waals surface area contributed by atoms with E-state index in [0.717, 1.165) is 0 Å². The molecule has 1 fully saturated rings. The van der Waals surface area contributed by atoms with E-state index in [9.17, 15) is 8.78 Å². The van der Waals surface area contributed by atoms with E-state index in [1.165, 1.54) is 0 Å². The van der Waals surface area contributed by atoms with Crippen LogP contribution in [-0.2, 0) is 0 Å². The monoisotopic (exact) mass is 173 g/mol. The smallest absolute Gasteiger partial charge is 0.263 e. The molecule has 0 radical (unpaired) electrons. The van der Waals surface area contributed by atoms with E-state index in [2.05, 4.69) is 5.92 Å². The van der Waals surface area contributed by atoms with Crippen molar-refractivity contribution < 1.29 is 8.78 Å². The lowest BCUT2D eigenvalue weighted by atomic mass is 9.95. The van der Waals surface area contributed by atoms with Crippen molar-refractivity contribution in [1.29, 1.82) is 0 Å². The molecule has 1 aliphatic heterocycles. The second kappa shape index (κ2) is 3.40. The van der Waals surface area contributed by atoms with E-state index < -0.39 is 11.8 Å². The first-order valence-electron chi connectivity index (χ1n) is 4.10. The summed E-state index contributed by atoms with van der Waals surface area (Å²) in [6, 6.07) is 0. The predicted molar refractivity (Wildman–Crippen MR) is 44.0 cm³/mol. The minimum absolute atomic E-state index is 0.182. The molecule has 1 unspecified atom stereocenters. The lowest BCUT2D eigenvalue weighted by Crippen LogP contribution is -2.47. The first kappa shape index (κ1) is 9.47. The number of nitrogens with zero attached hydrogens (tertiary/aromatic N) is 1. The highest BCUT2D eigenvalue weighted by molar-refractivity contribution is 4.92. The number of piperidine rings is 1. The lowest BCUT2D eigenvalue weighted by Gasteiger charge is -2.35. The first-order valence-corrected chi connectivity index (χ1v) is 4.10. The van der Waals surface area contributed by atoms with E-state index in [1.807, 2.05) is 0 Å². The third kappa shape index (κ3) is 1.95. The van der Waals surface area contributed by atoms with Crippen LogP contribution < -0.4 is 0 Å². The van der Waals surface area contributed by atoms with Crippen LogP contribution in [0.5, 0.6) is 0 Å². The highest BCUT2D eigenvalue weighted by Gasteiger charge is 2.41. The molecule has 1 heterocycles. The molecular formula is C9H13F2N. The van der Waals surface area contributed by atoms with Crippen LogP contribution in [0.3, 0.4) is 0 Å². The fourth-order valence-electron chi connectivity index (χ4n) is 1.38. The molecule has 0 aromatic heterocycles. The zero-order valence-corrected chi connectivity index (χ0v) is 7.19. The molecule has 3 heteroatoms. The van der Waals surface area contributed by atoms with Gasteiger partial charge in [-0.15, -0.1) is 6.42 Å². The fraction of sp³-hybridized carbons (Fsp3) is 0.778. The maximum absolute atomic E-state index is 13.1. The molecule has 0 amide bonds. The Kier molecular flexibility index (Phi) is 2.69. The molecular weight excluding hydrogens is 160 g/mol. The van der Waals surface area contributed by atoms with E-state index in [1.54, 1.807) is 11.8 Å². The van der Waals surface area contributed by atoms with Crippen molar-refractivity contribution in [2.24, 2.45) is 5.92 Å². The lowest BCUT2D eigenvalue weighted by molar-refractivity contribution is -0.101. The second-order valence-corrected chi connectivity index (χ2v) is 3.37. The maximum atomic E-state index is 13.1. The van der Waals surface area contributed by atoms with Crippen molar-refractivity contribution in [2.75, 3.05) is 19.6 Å². The largest absolute Gasteiger partial charge is 0.286 e. The van der Waals surface area contributed by atoms with Gasteiger partial charge in [0.05, 0.1) is 13.1 Å². The molecule has 0 aromatic rings. The number of halogens is 2. The minimum atomic E-state index is -2.56.